The predicted octanol–water partition coefficient (Wildman–Crippen LogP) is 4.83. The highest BCUT2D eigenvalue weighted by atomic mass is 16.4. The Morgan fingerprint density at radius 3 is 2.33 bits per heavy atom. The van der Waals surface area contributed by atoms with Gasteiger partial charge in [-0.2, -0.15) is 0 Å². The fourth-order valence-corrected chi connectivity index (χ4v) is 4.31. The number of rotatable bonds is 4. The summed E-state index contributed by atoms with van der Waals surface area (Å²) in [7, 11) is 0. The van der Waals surface area contributed by atoms with E-state index in [0.717, 1.165) is 51.4 Å². The summed E-state index contributed by atoms with van der Waals surface area (Å²) in [6, 6.07) is 5.51. The van der Waals surface area contributed by atoms with Gasteiger partial charge in [0.15, 0.2) is 0 Å². The number of carboxylic acid groups (broad SMARTS) is 1. The Kier molecular flexibility index (Phi) is 4.80. The van der Waals surface area contributed by atoms with Crippen LogP contribution in [0.2, 0.25) is 0 Å². The predicted molar refractivity (Wildman–Crippen MR) is 120 cm³/mol. The molecule has 0 amide bonds. The lowest BCUT2D eigenvalue weighted by Crippen LogP contribution is -2.25. The average molecular weight is 403 g/mol. The maximum Gasteiger partial charge on any atom is 0.354 e. The second-order valence-electron chi connectivity index (χ2n) is 7.97. The Bertz CT molecular complexity index is 1420. The van der Waals surface area contributed by atoms with Crippen molar-refractivity contribution in [2.75, 3.05) is 0 Å². The largest absolute Gasteiger partial charge is 0.477 e. The van der Waals surface area contributed by atoms with Crippen molar-refractivity contribution in [3.05, 3.63) is 56.6 Å². The third-order valence-electron chi connectivity index (χ3n) is 6.13. The van der Waals surface area contributed by atoms with Crippen LogP contribution in [0.3, 0.4) is 0 Å². The summed E-state index contributed by atoms with van der Waals surface area (Å²) in [5, 5.41) is 12.1. The molecule has 3 aromatic heterocycles. The molecule has 0 saturated carbocycles. The van der Waals surface area contributed by atoms with Gasteiger partial charge in [0, 0.05) is 28.4 Å². The molecular weight excluding hydrogens is 378 g/mol. The molecule has 0 saturated heterocycles. The van der Waals surface area contributed by atoms with E-state index in [4.69, 9.17) is 4.98 Å². The Hall–Kier alpha value is -3.28. The summed E-state index contributed by atoms with van der Waals surface area (Å²) in [6.45, 7) is 10.6. The smallest absolute Gasteiger partial charge is 0.354 e. The monoisotopic (exact) mass is 403 g/mol. The number of aromatic nitrogens is 3. The molecule has 1 N–H and O–H groups in total. The van der Waals surface area contributed by atoms with E-state index in [1.807, 2.05) is 44.4 Å². The van der Waals surface area contributed by atoms with Crippen molar-refractivity contribution < 1.29 is 9.90 Å². The Morgan fingerprint density at radius 1 is 1.00 bits per heavy atom. The molecule has 154 valence electrons. The highest BCUT2D eigenvalue weighted by molar-refractivity contribution is 6.10. The average Bonchev–Trinajstić information content (AvgIpc) is 2.71. The van der Waals surface area contributed by atoms with E-state index in [2.05, 4.69) is 11.9 Å². The molecule has 3 heterocycles. The summed E-state index contributed by atoms with van der Waals surface area (Å²) in [5.41, 5.74) is 5.20. The first kappa shape index (κ1) is 20.0. The van der Waals surface area contributed by atoms with Gasteiger partial charge in [0.2, 0.25) is 0 Å². The molecule has 30 heavy (non-hydrogen) atoms. The zero-order valence-corrected chi connectivity index (χ0v) is 18.0. The van der Waals surface area contributed by atoms with Gasteiger partial charge in [0.1, 0.15) is 11.2 Å². The number of carboxylic acids is 1. The van der Waals surface area contributed by atoms with Gasteiger partial charge in [-0.05, 0) is 56.9 Å². The zero-order valence-electron chi connectivity index (χ0n) is 18.0. The molecular formula is C24H25N3O3. The van der Waals surface area contributed by atoms with Crippen LogP contribution in [-0.2, 0) is 6.54 Å². The van der Waals surface area contributed by atoms with Crippen molar-refractivity contribution in [2.45, 2.75) is 54.0 Å². The van der Waals surface area contributed by atoms with Gasteiger partial charge in [-0.15, -0.1) is 0 Å². The number of nitrogens with zero attached hydrogens (tertiary/aromatic N) is 3. The van der Waals surface area contributed by atoms with Gasteiger partial charge in [-0.25, -0.2) is 14.8 Å². The maximum atomic E-state index is 13.4. The number of carbonyl (C=O) groups is 1. The summed E-state index contributed by atoms with van der Waals surface area (Å²) in [4.78, 5) is 34.1. The zero-order chi connectivity index (χ0) is 21.7. The molecule has 0 fully saturated rings. The van der Waals surface area contributed by atoms with Gasteiger partial charge >= 0.3 is 5.97 Å². The van der Waals surface area contributed by atoms with Crippen LogP contribution >= 0.6 is 0 Å². The van der Waals surface area contributed by atoms with Gasteiger partial charge in [0.25, 0.3) is 5.56 Å². The van der Waals surface area contributed by atoms with E-state index in [1.165, 1.54) is 0 Å². The topological polar surface area (TPSA) is 85.1 Å². The number of fused-ring (bicyclic) bond motifs is 4. The summed E-state index contributed by atoms with van der Waals surface area (Å²) in [5.74, 6) is -1.08. The normalized spacial score (nSPS) is 11.6. The third kappa shape index (κ3) is 2.86. The summed E-state index contributed by atoms with van der Waals surface area (Å²) in [6.07, 6.45) is 1.92. The van der Waals surface area contributed by atoms with Crippen LogP contribution in [0, 0.1) is 27.7 Å². The maximum absolute atomic E-state index is 13.4. The van der Waals surface area contributed by atoms with Crippen LogP contribution in [0.5, 0.6) is 0 Å². The summed E-state index contributed by atoms with van der Waals surface area (Å²) < 4.78 is 1.81. The number of pyridine rings is 3. The van der Waals surface area contributed by atoms with Crippen LogP contribution in [0.25, 0.3) is 32.7 Å². The van der Waals surface area contributed by atoms with Crippen molar-refractivity contribution in [1.29, 1.82) is 0 Å². The molecule has 0 aliphatic heterocycles. The molecule has 6 nitrogen and oxygen atoms in total. The minimum absolute atomic E-state index is 0.0208. The van der Waals surface area contributed by atoms with Gasteiger partial charge in [0.05, 0.1) is 11.0 Å². The number of hydrogen-bond donors (Lipinski definition) is 1. The lowest BCUT2D eigenvalue weighted by molar-refractivity contribution is 0.0691. The number of aryl methyl sites for hydroxylation is 3. The third-order valence-corrected chi connectivity index (χ3v) is 6.13. The van der Waals surface area contributed by atoms with Gasteiger partial charge in [-0.3, -0.25) is 4.79 Å². The number of aromatic carboxylic acids is 1. The van der Waals surface area contributed by atoms with Crippen LogP contribution in [0.4, 0.5) is 0 Å². The first-order valence-corrected chi connectivity index (χ1v) is 10.2. The molecule has 0 bridgehead atoms. The molecule has 0 unspecified atom stereocenters. The molecule has 0 radical (unpaired) electrons. The SMILES string of the molecule is CCCCn1c(C)c(C)c2c(C)c3ccc4c(C)cc(C(=O)O)nc4c3nc2c1=O. The van der Waals surface area contributed by atoms with E-state index in [0.29, 0.717) is 23.1 Å². The fraction of sp³-hybridized carbons (Fsp3) is 0.333. The number of unbranched alkanes of at least 4 members (excludes halogenated alkanes) is 1. The van der Waals surface area contributed by atoms with E-state index in [-0.39, 0.29) is 11.3 Å². The first-order chi connectivity index (χ1) is 14.3. The van der Waals surface area contributed by atoms with Crippen molar-refractivity contribution >= 4 is 38.7 Å². The lowest BCUT2D eigenvalue weighted by atomic mass is 9.97. The molecule has 0 aliphatic carbocycles. The van der Waals surface area contributed by atoms with Crippen molar-refractivity contribution in [1.82, 2.24) is 14.5 Å². The second kappa shape index (κ2) is 7.20. The fourth-order valence-electron chi connectivity index (χ4n) is 4.31. The Labute approximate surface area is 174 Å². The standard InChI is InChI=1S/C24H25N3O3/c1-6-7-10-27-15(5)13(3)19-14(4)17-9-8-16-12(2)11-18(24(29)30)25-20(16)21(17)26-22(19)23(27)28/h8-9,11H,6-7,10H2,1-5H3,(H,29,30). The Balaban J connectivity index is 2.21. The van der Waals surface area contributed by atoms with Crippen LogP contribution in [0.1, 0.15) is 52.6 Å². The second-order valence-corrected chi connectivity index (χ2v) is 7.97. The molecule has 4 aromatic rings. The van der Waals surface area contributed by atoms with Crippen LogP contribution in [0.15, 0.2) is 23.0 Å². The molecule has 0 atom stereocenters. The summed E-state index contributed by atoms with van der Waals surface area (Å²) >= 11 is 0. The quantitative estimate of drug-likeness (QED) is 0.390. The molecule has 0 aliphatic rings. The van der Waals surface area contributed by atoms with Crippen molar-refractivity contribution in [2.24, 2.45) is 0 Å². The van der Waals surface area contributed by atoms with Gasteiger partial charge < -0.3 is 9.67 Å². The van der Waals surface area contributed by atoms with E-state index in [1.54, 1.807) is 6.07 Å². The van der Waals surface area contributed by atoms with E-state index < -0.39 is 5.97 Å². The molecule has 4 rings (SSSR count). The van der Waals surface area contributed by atoms with Crippen molar-refractivity contribution in [3.63, 3.8) is 0 Å². The lowest BCUT2D eigenvalue weighted by Gasteiger charge is -2.17. The van der Waals surface area contributed by atoms with Crippen molar-refractivity contribution in [3.8, 4) is 0 Å². The van der Waals surface area contributed by atoms with Crippen LogP contribution < -0.4 is 5.56 Å². The number of benzene rings is 1. The Morgan fingerprint density at radius 2 is 1.67 bits per heavy atom. The molecule has 0 spiro atoms. The highest BCUT2D eigenvalue weighted by Crippen LogP contribution is 2.32. The van der Waals surface area contributed by atoms with Gasteiger partial charge in [-0.1, -0.05) is 25.5 Å². The van der Waals surface area contributed by atoms with Crippen LogP contribution in [-0.4, -0.2) is 25.6 Å². The highest BCUT2D eigenvalue weighted by Gasteiger charge is 2.19. The van der Waals surface area contributed by atoms with E-state index in [9.17, 15) is 14.7 Å². The molecule has 1 aromatic carbocycles. The van der Waals surface area contributed by atoms with E-state index >= 15 is 0 Å². The minimum Gasteiger partial charge on any atom is -0.477 e. The minimum atomic E-state index is -1.08. The molecule has 6 heteroatoms. The number of hydrogen-bond acceptors (Lipinski definition) is 4. The first-order valence-electron chi connectivity index (χ1n) is 10.2.